The van der Waals surface area contributed by atoms with E-state index in [1.165, 1.54) is 18.2 Å². The Morgan fingerprint density at radius 2 is 1.84 bits per heavy atom. The molecule has 0 saturated carbocycles. The minimum atomic E-state index is -0.366. The summed E-state index contributed by atoms with van der Waals surface area (Å²) in [6.07, 6.45) is 0. The van der Waals surface area contributed by atoms with Gasteiger partial charge in [0.1, 0.15) is 5.82 Å². The average Bonchev–Trinajstić information content (AvgIpc) is 2.43. The zero-order valence-corrected chi connectivity index (χ0v) is 10.8. The molecule has 0 saturated heterocycles. The fourth-order valence-electron chi connectivity index (χ4n) is 1.61. The van der Waals surface area contributed by atoms with Crippen molar-refractivity contribution in [3.8, 4) is 6.07 Å². The van der Waals surface area contributed by atoms with Crippen LogP contribution in [0.5, 0.6) is 0 Å². The van der Waals surface area contributed by atoms with E-state index in [0.29, 0.717) is 22.8 Å². The number of hydrogen-bond donors (Lipinski definition) is 0. The van der Waals surface area contributed by atoms with E-state index in [4.69, 9.17) is 21.6 Å². The van der Waals surface area contributed by atoms with E-state index in [9.17, 15) is 4.39 Å². The van der Waals surface area contributed by atoms with Gasteiger partial charge in [-0.1, -0.05) is 23.7 Å². The van der Waals surface area contributed by atoms with Crippen molar-refractivity contribution in [2.24, 2.45) is 0 Å². The molecule has 0 atom stereocenters. The predicted molar refractivity (Wildman–Crippen MR) is 71.1 cm³/mol. The number of nitriles is 1. The largest absolute Gasteiger partial charge is 0.372 e. The van der Waals surface area contributed by atoms with Crippen LogP contribution in [0.15, 0.2) is 42.5 Å². The Morgan fingerprint density at radius 3 is 2.53 bits per heavy atom. The molecule has 2 nitrogen and oxygen atoms in total. The summed E-state index contributed by atoms with van der Waals surface area (Å²) < 4.78 is 18.9. The van der Waals surface area contributed by atoms with Crippen LogP contribution in [0.25, 0.3) is 0 Å². The first kappa shape index (κ1) is 13.5. The number of benzene rings is 2. The second-order valence-corrected chi connectivity index (χ2v) is 4.47. The van der Waals surface area contributed by atoms with Crippen molar-refractivity contribution in [1.82, 2.24) is 0 Å². The Kier molecular flexibility index (Phi) is 4.51. The quantitative estimate of drug-likeness (QED) is 0.843. The van der Waals surface area contributed by atoms with Crippen molar-refractivity contribution in [3.05, 3.63) is 70.0 Å². The molecule has 0 amide bonds. The van der Waals surface area contributed by atoms with Gasteiger partial charge in [-0.15, -0.1) is 0 Å². The van der Waals surface area contributed by atoms with Crippen molar-refractivity contribution < 1.29 is 9.13 Å². The van der Waals surface area contributed by atoms with E-state index in [-0.39, 0.29) is 12.4 Å². The summed E-state index contributed by atoms with van der Waals surface area (Å²) in [5.41, 5.74) is 1.76. The van der Waals surface area contributed by atoms with Crippen LogP contribution in [0.2, 0.25) is 5.02 Å². The Bertz CT molecular complexity index is 605. The van der Waals surface area contributed by atoms with Crippen LogP contribution in [0.3, 0.4) is 0 Å². The monoisotopic (exact) mass is 275 g/mol. The van der Waals surface area contributed by atoms with Gasteiger partial charge >= 0.3 is 0 Å². The summed E-state index contributed by atoms with van der Waals surface area (Å²) >= 11 is 5.77. The average molecular weight is 276 g/mol. The standard InChI is InChI=1S/C15H11ClFNO/c16-14-4-1-11(2-5-14)9-19-10-13-7-12(8-18)3-6-15(13)17/h1-7H,9-10H2. The molecule has 0 bridgehead atoms. The lowest BCUT2D eigenvalue weighted by Crippen LogP contribution is -1.97. The molecule has 19 heavy (non-hydrogen) atoms. The van der Waals surface area contributed by atoms with E-state index in [1.807, 2.05) is 18.2 Å². The summed E-state index contributed by atoms with van der Waals surface area (Å²) in [7, 11) is 0. The molecular weight excluding hydrogens is 265 g/mol. The highest BCUT2D eigenvalue weighted by molar-refractivity contribution is 6.30. The number of halogens is 2. The highest BCUT2D eigenvalue weighted by Crippen LogP contribution is 2.14. The van der Waals surface area contributed by atoms with Crippen LogP contribution in [0, 0.1) is 17.1 Å². The van der Waals surface area contributed by atoms with Crippen LogP contribution in [-0.4, -0.2) is 0 Å². The van der Waals surface area contributed by atoms with Crippen LogP contribution < -0.4 is 0 Å². The summed E-state index contributed by atoms with van der Waals surface area (Å²) in [6, 6.07) is 13.4. The molecule has 2 aromatic carbocycles. The van der Waals surface area contributed by atoms with Crippen molar-refractivity contribution in [2.75, 3.05) is 0 Å². The first-order chi connectivity index (χ1) is 9.19. The minimum absolute atomic E-state index is 0.129. The van der Waals surface area contributed by atoms with Crippen LogP contribution in [0.1, 0.15) is 16.7 Å². The van der Waals surface area contributed by atoms with Crippen LogP contribution in [-0.2, 0) is 18.0 Å². The molecule has 0 unspecified atom stereocenters. The lowest BCUT2D eigenvalue weighted by molar-refractivity contribution is 0.105. The normalized spacial score (nSPS) is 10.2. The van der Waals surface area contributed by atoms with Gasteiger partial charge in [0.05, 0.1) is 24.8 Å². The molecule has 0 N–H and O–H groups in total. The Morgan fingerprint density at radius 1 is 1.11 bits per heavy atom. The third-order valence-electron chi connectivity index (χ3n) is 2.61. The van der Waals surface area contributed by atoms with Crippen molar-refractivity contribution in [1.29, 1.82) is 5.26 Å². The lowest BCUT2D eigenvalue weighted by Gasteiger charge is -2.06. The maximum Gasteiger partial charge on any atom is 0.128 e. The Hall–Kier alpha value is -1.89. The smallest absolute Gasteiger partial charge is 0.128 e. The molecule has 0 aromatic heterocycles. The first-order valence-electron chi connectivity index (χ1n) is 5.70. The SMILES string of the molecule is N#Cc1ccc(F)c(COCc2ccc(Cl)cc2)c1. The third-order valence-corrected chi connectivity index (χ3v) is 2.87. The molecule has 2 rings (SSSR count). The van der Waals surface area contributed by atoms with Crippen molar-refractivity contribution in [2.45, 2.75) is 13.2 Å². The van der Waals surface area contributed by atoms with Gasteiger partial charge < -0.3 is 4.74 Å². The number of nitrogens with zero attached hydrogens (tertiary/aromatic N) is 1. The predicted octanol–water partition coefficient (Wildman–Crippen LogP) is 4.07. The van der Waals surface area contributed by atoms with Gasteiger partial charge in [0.25, 0.3) is 0 Å². The summed E-state index contributed by atoms with van der Waals surface area (Å²) in [4.78, 5) is 0. The summed E-state index contributed by atoms with van der Waals surface area (Å²) in [5.74, 6) is -0.366. The maximum absolute atomic E-state index is 13.5. The lowest BCUT2D eigenvalue weighted by atomic mass is 10.1. The van der Waals surface area contributed by atoms with E-state index in [0.717, 1.165) is 5.56 Å². The van der Waals surface area contributed by atoms with Crippen LogP contribution >= 0.6 is 11.6 Å². The van der Waals surface area contributed by atoms with Gasteiger partial charge in [-0.05, 0) is 35.9 Å². The van der Waals surface area contributed by atoms with Gasteiger partial charge in [-0.3, -0.25) is 0 Å². The van der Waals surface area contributed by atoms with E-state index >= 15 is 0 Å². The molecule has 0 aliphatic carbocycles. The summed E-state index contributed by atoms with van der Waals surface area (Å²) in [6.45, 7) is 0.497. The van der Waals surface area contributed by atoms with E-state index < -0.39 is 0 Å². The molecule has 0 radical (unpaired) electrons. The van der Waals surface area contributed by atoms with Gasteiger partial charge in [0.2, 0.25) is 0 Å². The molecule has 0 aliphatic rings. The Balaban J connectivity index is 1.96. The summed E-state index contributed by atoms with van der Waals surface area (Å²) in [5, 5.41) is 9.42. The zero-order valence-electron chi connectivity index (χ0n) is 10.1. The second-order valence-electron chi connectivity index (χ2n) is 4.04. The molecule has 4 heteroatoms. The zero-order chi connectivity index (χ0) is 13.7. The molecule has 0 aliphatic heterocycles. The van der Waals surface area contributed by atoms with Gasteiger partial charge in [-0.2, -0.15) is 5.26 Å². The highest BCUT2D eigenvalue weighted by atomic mass is 35.5. The minimum Gasteiger partial charge on any atom is -0.372 e. The molecule has 0 heterocycles. The second kappa shape index (κ2) is 6.33. The molecule has 96 valence electrons. The number of hydrogen-bond acceptors (Lipinski definition) is 2. The highest BCUT2D eigenvalue weighted by Gasteiger charge is 2.04. The fourth-order valence-corrected chi connectivity index (χ4v) is 1.74. The molecular formula is C15H11ClFNO. The third kappa shape index (κ3) is 3.78. The first-order valence-corrected chi connectivity index (χ1v) is 6.07. The molecule has 0 fully saturated rings. The topological polar surface area (TPSA) is 33.0 Å². The van der Waals surface area contributed by atoms with E-state index in [1.54, 1.807) is 12.1 Å². The maximum atomic E-state index is 13.5. The van der Waals surface area contributed by atoms with E-state index in [2.05, 4.69) is 0 Å². The molecule has 0 spiro atoms. The van der Waals surface area contributed by atoms with Gasteiger partial charge in [-0.25, -0.2) is 4.39 Å². The molecule has 2 aromatic rings. The van der Waals surface area contributed by atoms with Crippen molar-refractivity contribution in [3.63, 3.8) is 0 Å². The Labute approximate surface area is 116 Å². The fraction of sp³-hybridized carbons (Fsp3) is 0.133. The van der Waals surface area contributed by atoms with Crippen LogP contribution in [0.4, 0.5) is 4.39 Å². The number of rotatable bonds is 4. The van der Waals surface area contributed by atoms with Crippen molar-refractivity contribution >= 4 is 11.6 Å². The van der Waals surface area contributed by atoms with Gasteiger partial charge in [0.15, 0.2) is 0 Å². The van der Waals surface area contributed by atoms with Gasteiger partial charge in [0, 0.05) is 10.6 Å². The number of ether oxygens (including phenoxy) is 1.